The summed E-state index contributed by atoms with van der Waals surface area (Å²) in [5.74, 6) is 0.905. The van der Waals surface area contributed by atoms with E-state index in [0.29, 0.717) is 12.2 Å². The lowest BCUT2D eigenvalue weighted by atomic mass is 10.2. The molecule has 2 aromatic rings. The van der Waals surface area contributed by atoms with Crippen molar-refractivity contribution >= 4 is 29.4 Å². The van der Waals surface area contributed by atoms with Gasteiger partial charge in [0.1, 0.15) is 5.82 Å². The highest BCUT2D eigenvalue weighted by molar-refractivity contribution is 6.01. The minimum absolute atomic E-state index is 0.0264. The number of carbonyl (C=O) groups excluding carboxylic acids is 2. The van der Waals surface area contributed by atoms with E-state index in [1.54, 1.807) is 12.3 Å². The Labute approximate surface area is 172 Å². The van der Waals surface area contributed by atoms with Gasteiger partial charge in [0.2, 0.25) is 11.8 Å². The monoisotopic (exact) mass is 392 g/mol. The number of amides is 2. The third-order valence-corrected chi connectivity index (χ3v) is 4.87. The molecule has 1 N–H and O–H groups in total. The van der Waals surface area contributed by atoms with Gasteiger partial charge in [0.05, 0.1) is 11.9 Å². The minimum atomic E-state index is -0.194. The Hall–Kier alpha value is -3.15. The van der Waals surface area contributed by atoms with E-state index in [4.69, 9.17) is 0 Å². The smallest absolute Gasteiger partial charge is 0.248 e. The summed E-state index contributed by atoms with van der Waals surface area (Å²) < 4.78 is 0. The van der Waals surface area contributed by atoms with Gasteiger partial charge in [0.25, 0.3) is 0 Å². The van der Waals surface area contributed by atoms with E-state index in [1.807, 2.05) is 61.2 Å². The summed E-state index contributed by atoms with van der Waals surface area (Å²) in [6, 6.07) is 13.5. The predicted molar refractivity (Wildman–Crippen MR) is 117 cm³/mol. The summed E-state index contributed by atoms with van der Waals surface area (Å²) >= 11 is 0. The second kappa shape index (κ2) is 9.87. The Morgan fingerprint density at radius 1 is 1.03 bits per heavy atom. The molecule has 2 amide bonds. The fourth-order valence-corrected chi connectivity index (χ4v) is 3.30. The van der Waals surface area contributed by atoms with E-state index in [1.165, 1.54) is 6.08 Å². The molecule has 152 valence electrons. The molecule has 0 spiro atoms. The van der Waals surface area contributed by atoms with Gasteiger partial charge in [-0.15, -0.1) is 0 Å². The molecule has 29 heavy (non-hydrogen) atoms. The zero-order chi connectivity index (χ0) is 20.6. The molecule has 1 saturated heterocycles. The number of nitrogens with zero attached hydrogens (tertiary/aromatic N) is 3. The van der Waals surface area contributed by atoms with Crippen molar-refractivity contribution in [1.82, 2.24) is 9.88 Å². The quantitative estimate of drug-likeness (QED) is 0.792. The van der Waals surface area contributed by atoms with Crippen molar-refractivity contribution in [1.29, 1.82) is 0 Å². The average molecular weight is 393 g/mol. The van der Waals surface area contributed by atoms with Crippen LogP contribution < -0.4 is 10.2 Å². The van der Waals surface area contributed by atoms with Crippen LogP contribution in [0.5, 0.6) is 0 Å². The molecule has 1 aliphatic heterocycles. The maximum absolute atomic E-state index is 12.2. The summed E-state index contributed by atoms with van der Waals surface area (Å²) in [4.78, 5) is 33.0. The lowest BCUT2D eigenvalue weighted by Gasteiger charge is -2.24. The second-order valence-electron chi connectivity index (χ2n) is 7.46. The zero-order valence-electron chi connectivity index (χ0n) is 17.0. The molecule has 3 rings (SSSR count). The molecular formula is C23H28N4O2. The molecule has 0 radical (unpaired) electrons. The van der Waals surface area contributed by atoms with Gasteiger partial charge in [-0.3, -0.25) is 9.59 Å². The van der Waals surface area contributed by atoms with Crippen LogP contribution in [0.3, 0.4) is 0 Å². The molecule has 1 aromatic heterocycles. The van der Waals surface area contributed by atoms with Crippen molar-refractivity contribution in [3.63, 3.8) is 0 Å². The van der Waals surface area contributed by atoms with E-state index in [-0.39, 0.29) is 17.7 Å². The Balaban J connectivity index is 1.55. The molecule has 1 aliphatic rings. The fraction of sp³-hybridized carbons (Fsp3) is 0.348. The highest BCUT2D eigenvalue weighted by Gasteiger charge is 2.21. The van der Waals surface area contributed by atoms with Crippen LogP contribution in [0.25, 0.3) is 6.08 Å². The first-order valence-corrected chi connectivity index (χ1v) is 10.1. The molecule has 1 aromatic carbocycles. The Kier molecular flexibility index (Phi) is 7.00. The van der Waals surface area contributed by atoms with Gasteiger partial charge in [0, 0.05) is 38.2 Å². The first-order valence-electron chi connectivity index (χ1n) is 10.1. The van der Waals surface area contributed by atoms with Gasteiger partial charge < -0.3 is 15.1 Å². The van der Waals surface area contributed by atoms with Crippen LogP contribution in [0.15, 0.2) is 54.7 Å². The topological polar surface area (TPSA) is 65.5 Å². The van der Waals surface area contributed by atoms with Gasteiger partial charge in [0.15, 0.2) is 0 Å². The van der Waals surface area contributed by atoms with Crippen molar-refractivity contribution < 1.29 is 9.59 Å². The number of carbonyl (C=O) groups is 2. The molecule has 1 fully saturated rings. The molecule has 0 atom stereocenters. The summed E-state index contributed by atoms with van der Waals surface area (Å²) in [6.45, 7) is 7.00. The SMILES string of the molecule is CC(C)C(=O)N1CCCN(c2ccc(NC(=O)/C=C/c3ccccc3)cn2)CC1. The van der Waals surface area contributed by atoms with Crippen molar-refractivity contribution in [2.75, 3.05) is 36.4 Å². The maximum Gasteiger partial charge on any atom is 0.248 e. The van der Waals surface area contributed by atoms with Crippen LogP contribution >= 0.6 is 0 Å². The Bertz CT molecular complexity index is 847. The largest absolute Gasteiger partial charge is 0.355 e. The average Bonchev–Trinajstić information content (AvgIpc) is 2.99. The second-order valence-corrected chi connectivity index (χ2v) is 7.46. The zero-order valence-corrected chi connectivity index (χ0v) is 17.0. The molecule has 6 nitrogen and oxygen atoms in total. The van der Waals surface area contributed by atoms with E-state index < -0.39 is 0 Å². The maximum atomic E-state index is 12.2. The number of rotatable bonds is 5. The number of hydrogen-bond acceptors (Lipinski definition) is 4. The van der Waals surface area contributed by atoms with Crippen molar-refractivity contribution in [3.8, 4) is 0 Å². The normalized spacial score (nSPS) is 14.9. The van der Waals surface area contributed by atoms with Crippen LogP contribution in [0, 0.1) is 5.92 Å². The number of benzene rings is 1. The fourth-order valence-electron chi connectivity index (χ4n) is 3.30. The molecular weight excluding hydrogens is 364 g/mol. The van der Waals surface area contributed by atoms with E-state index in [9.17, 15) is 9.59 Å². The van der Waals surface area contributed by atoms with Gasteiger partial charge in [-0.2, -0.15) is 0 Å². The van der Waals surface area contributed by atoms with Crippen molar-refractivity contribution in [2.24, 2.45) is 5.92 Å². The number of aromatic nitrogens is 1. The third-order valence-electron chi connectivity index (χ3n) is 4.87. The number of pyridine rings is 1. The summed E-state index contributed by atoms with van der Waals surface area (Å²) in [5.41, 5.74) is 1.63. The molecule has 0 unspecified atom stereocenters. The molecule has 0 saturated carbocycles. The van der Waals surface area contributed by atoms with Crippen LogP contribution in [0.4, 0.5) is 11.5 Å². The van der Waals surface area contributed by atoms with Gasteiger partial charge in [-0.25, -0.2) is 4.98 Å². The predicted octanol–water partition coefficient (Wildman–Crippen LogP) is 3.43. The summed E-state index contributed by atoms with van der Waals surface area (Å²) in [5, 5.41) is 2.83. The lowest BCUT2D eigenvalue weighted by molar-refractivity contribution is -0.134. The van der Waals surface area contributed by atoms with E-state index >= 15 is 0 Å². The highest BCUT2D eigenvalue weighted by atomic mass is 16.2. The minimum Gasteiger partial charge on any atom is -0.355 e. The number of anilines is 2. The van der Waals surface area contributed by atoms with Crippen LogP contribution in [-0.2, 0) is 9.59 Å². The van der Waals surface area contributed by atoms with Gasteiger partial charge >= 0.3 is 0 Å². The highest BCUT2D eigenvalue weighted by Crippen LogP contribution is 2.17. The van der Waals surface area contributed by atoms with Crippen LogP contribution in [-0.4, -0.2) is 47.9 Å². The van der Waals surface area contributed by atoms with Crippen molar-refractivity contribution in [2.45, 2.75) is 20.3 Å². The Morgan fingerprint density at radius 3 is 2.52 bits per heavy atom. The summed E-state index contributed by atoms with van der Waals surface area (Å²) in [7, 11) is 0. The number of hydrogen-bond donors (Lipinski definition) is 1. The molecule has 0 bridgehead atoms. The molecule has 2 heterocycles. The summed E-state index contributed by atoms with van der Waals surface area (Å²) in [6.07, 6.45) is 5.88. The number of nitrogens with one attached hydrogen (secondary N) is 1. The Morgan fingerprint density at radius 2 is 1.83 bits per heavy atom. The third kappa shape index (κ3) is 5.91. The standard InChI is InChI=1S/C23H28N4O2/c1-18(2)23(29)27-14-6-13-26(15-16-27)21-11-10-20(17-24-21)25-22(28)12-9-19-7-4-3-5-8-19/h3-5,7-12,17-18H,6,13-16H2,1-2H3,(H,25,28)/b12-9+. The van der Waals surface area contributed by atoms with E-state index in [2.05, 4.69) is 15.2 Å². The molecule has 0 aliphatic carbocycles. The van der Waals surface area contributed by atoms with Crippen LogP contribution in [0.1, 0.15) is 25.8 Å². The first kappa shape index (κ1) is 20.6. The molecule has 6 heteroatoms. The first-order chi connectivity index (χ1) is 14.0. The van der Waals surface area contributed by atoms with Crippen molar-refractivity contribution in [3.05, 3.63) is 60.3 Å². The van der Waals surface area contributed by atoms with Gasteiger partial charge in [-0.05, 0) is 30.2 Å². The van der Waals surface area contributed by atoms with Crippen LogP contribution in [0.2, 0.25) is 0 Å². The lowest BCUT2D eigenvalue weighted by Crippen LogP contribution is -2.37. The van der Waals surface area contributed by atoms with Gasteiger partial charge in [-0.1, -0.05) is 44.2 Å². The van der Waals surface area contributed by atoms with E-state index in [0.717, 1.165) is 37.4 Å².